The van der Waals surface area contributed by atoms with Crippen molar-refractivity contribution in [3.63, 3.8) is 0 Å². The van der Waals surface area contributed by atoms with Gasteiger partial charge in [0.25, 0.3) is 0 Å². The largest absolute Gasteiger partial charge is 0.496 e. The van der Waals surface area contributed by atoms with Crippen molar-refractivity contribution in [1.29, 1.82) is 0 Å². The highest BCUT2D eigenvalue weighted by atomic mass is 16.5. The van der Waals surface area contributed by atoms with Crippen molar-refractivity contribution < 1.29 is 9.53 Å². The Bertz CT molecular complexity index is 715. The molecule has 2 heterocycles. The highest BCUT2D eigenvalue weighted by Crippen LogP contribution is 2.29. The summed E-state index contributed by atoms with van der Waals surface area (Å²) in [6.07, 6.45) is 4.55. The first-order valence-electron chi connectivity index (χ1n) is 8.65. The van der Waals surface area contributed by atoms with Gasteiger partial charge in [-0.15, -0.1) is 10.2 Å². The fraction of sp³-hybridized carbons (Fsp3) is 0.500. The second-order valence-electron chi connectivity index (χ2n) is 6.34. The number of hydrogen-bond donors (Lipinski definition) is 1. The van der Waals surface area contributed by atoms with Gasteiger partial charge in [-0.05, 0) is 37.4 Å². The quantitative estimate of drug-likeness (QED) is 0.821. The van der Waals surface area contributed by atoms with Gasteiger partial charge in [-0.1, -0.05) is 18.2 Å². The van der Waals surface area contributed by atoms with Crippen molar-refractivity contribution in [2.24, 2.45) is 7.05 Å². The Morgan fingerprint density at radius 3 is 3.00 bits per heavy atom. The fourth-order valence-corrected chi connectivity index (χ4v) is 3.39. The Morgan fingerprint density at radius 2 is 2.24 bits per heavy atom. The maximum Gasteiger partial charge on any atom is 0.234 e. The molecule has 25 heavy (non-hydrogen) atoms. The number of aryl methyl sites for hydroxylation is 1. The average molecular weight is 343 g/mol. The lowest BCUT2D eigenvalue weighted by molar-refractivity contribution is -0.122. The SMILES string of the molecule is COc1ccccc1CCNC(=O)CN1CCCC1c1nncn1C. The molecule has 1 N–H and O–H groups in total. The molecule has 7 nitrogen and oxygen atoms in total. The third kappa shape index (κ3) is 4.17. The summed E-state index contributed by atoms with van der Waals surface area (Å²) in [6, 6.07) is 8.06. The number of benzene rings is 1. The minimum atomic E-state index is 0.0453. The molecule has 1 unspecified atom stereocenters. The number of carbonyl (C=O) groups is 1. The summed E-state index contributed by atoms with van der Waals surface area (Å²) < 4.78 is 7.27. The van der Waals surface area contributed by atoms with E-state index in [0.29, 0.717) is 13.1 Å². The van der Waals surface area contributed by atoms with E-state index in [1.54, 1.807) is 13.4 Å². The molecule has 0 aliphatic carbocycles. The third-order valence-corrected chi connectivity index (χ3v) is 4.66. The van der Waals surface area contributed by atoms with Gasteiger partial charge >= 0.3 is 0 Å². The van der Waals surface area contributed by atoms with Crippen LogP contribution >= 0.6 is 0 Å². The van der Waals surface area contributed by atoms with E-state index in [2.05, 4.69) is 20.4 Å². The molecule has 1 atom stereocenters. The van der Waals surface area contributed by atoms with Gasteiger partial charge < -0.3 is 14.6 Å². The van der Waals surface area contributed by atoms with Gasteiger partial charge in [-0.2, -0.15) is 0 Å². The van der Waals surface area contributed by atoms with Crippen LogP contribution in [0.3, 0.4) is 0 Å². The molecule has 1 aliphatic heterocycles. The van der Waals surface area contributed by atoms with Gasteiger partial charge in [0.2, 0.25) is 5.91 Å². The first kappa shape index (κ1) is 17.4. The molecule has 1 aromatic carbocycles. The van der Waals surface area contributed by atoms with Gasteiger partial charge in [0, 0.05) is 13.6 Å². The van der Waals surface area contributed by atoms with Gasteiger partial charge in [0.05, 0.1) is 19.7 Å². The number of nitrogens with one attached hydrogen (secondary N) is 1. The number of methoxy groups -OCH3 is 1. The monoisotopic (exact) mass is 343 g/mol. The number of nitrogens with zero attached hydrogens (tertiary/aromatic N) is 4. The number of ether oxygens (including phenoxy) is 1. The molecular weight excluding hydrogens is 318 g/mol. The Kier molecular flexibility index (Phi) is 5.65. The standard InChI is InChI=1S/C18H25N5O2/c1-22-13-20-21-18(22)15-7-5-11-23(15)12-17(24)19-10-9-14-6-3-4-8-16(14)25-2/h3-4,6,8,13,15H,5,7,9-12H2,1-2H3,(H,19,24). The van der Waals surface area contributed by atoms with E-state index in [-0.39, 0.29) is 11.9 Å². The molecule has 1 aromatic heterocycles. The van der Waals surface area contributed by atoms with Gasteiger partial charge in [0.1, 0.15) is 17.9 Å². The van der Waals surface area contributed by atoms with Crippen molar-refractivity contribution in [3.8, 4) is 5.75 Å². The number of hydrogen-bond acceptors (Lipinski definition) is 5. The minimum absolute atomic E-state index is 0.0453. The zero-order chi connectivity index (χ0) is 17.6. The van der Waals surface area contributed by atoms with Crippen LogP contribution in [0.5, 0.6) is 5.75 Å². The summed E-state index contributed by atoms with van der Waals surface area (Å²) in [7, 11) is 3.61. The van der Waals surface area contributed by atoms with E-state index in [1.807, 2.05) is 35.9 Å². The minimum Gasteiger partial charge on any atom is -0.496 e. The molecule has 1 saturated heterocycles. The summed E-state index contributed by atoms with van der Waals surface area (Å²) in [5, 5.41) is 11.2. The number of para-hydroxylation sites is 1. The highest BCUT2D eigenvalue weighted by molar-refractivity contribution is 5.78. The second kappa shape index (κ2) is 8.11. The van der Waals surface area contributed by atoms with Crippen LogP contribution in [-0.2, 0) is 18.3 Å². The molecule has 0 bridgehead atoms. The summed E-state index contributed by atoms with van der Waals surface area (Å²) >= 11 is 0. The van der Waals surface area contributed by atoms with Gasteiger partial charge in [0.15, 0.2) is 0 Å². The molecule has 2 aromatic rings. The van der Waals surface area contributed by atoms with E-state index in [9.17, 15) is 4.79 Å². The zero-order valence-electron chi connectivity index (χ0n) is 14.8. The van der Waals surface area contributed by atoms with Crippen LogP contribution in [0.1, 0.15) is 30.3 Å². The highest BCUT2D eigenvalue weighted by Gasteiger charge is 2.30. The maximum absolute atomic E-state index is 12.3. The predicted molar refractivity (Wildman–Crippen MR) is 94.3 cm³/mol. The van der Waals surface area contributed by atoms with Crippen LogP contribution in [0.15, 0.2) is 30.6 Å². The Hall–Kier alpha value is -2.41. The average Bonchev–Trinajstić information content (AvgIpc) is 3.23. The topological polar surface area (TPSA) is 72.3 Å². The molecule has 0 saturated carbocycles. The van der Waals surface area contributed by atoms with Crippen LogP contribution in [0.4, 0.5) is 0 Å². The van der Waals surface area contributed by atoms with Crippen LogP contribution in [0.2, 0.25) is 0 Å². The lowest BCUT2D eigenvalue weighted by atomic mass is 10.1. The van der Waals surface area contributed by atoms with Crippen molar-refractivity contribution in [2.45, 2.75) is 25.3 Å². The van der Waals surface area contributed by atoms with Crippen LogP contribution in [0, 0.1) is 0 Å². The summed E-state index contributed by atoms with van der Waals surface area (Å²) in [5.74, 6) is 1.84. The second-order valence-corrected chi connectivity index (χ2v) is 6.34. The van der Waals surface area contributed by atoms with Crippen molar-refractivity contribution >= 4 is 5.91 Å². The Labute approximate surface area is 148 Å². The van der Waals surface area contributed by atoms with Crippen molar-refractivity contribution in [2.75, 3.05) is 26.7 Å². The first-order valence-corrected chi connectivity index (χ1v) is 8.65. The van der Waals surface area contributed by atoms with E-state index >= 15 is 0 Å². The molecule has 1 aliphatic rings. The lowest BCUT2D eigenvalue weighted by Gasteiger charge is -2.22. The van der Waals surface area contributed by atoms with E-state index in [4.69, 9.17) is 4.74 Å². The summed E-state index contributed by atoms with van der Waals surface area (Å²) in [4.78, 5) is 14.5. The molecule has 134 valence electrons. The number of amides is 1. The maximum atomic E-state index is 12.3. The van der Waals surface area contributed by atoms with E-state index in [0.717, 1.165) is 42.9 Å². The first-order chi connectivity index (χ1) is 12.2. The lowest BCUT2D eigenvalue weighted by Crippen LogP contribution is -2.38. The van der Waals surface area contributed by atoms with Crippen LogP contribution < -0.4 is 10.1 Å². The fourth-order valence-electron chi connectivity index (χ4n) is 3.39. The molecule has 1 fully saturated rings. The Morgan fingerprint density at radius 1 is 1.40 bits per heavy atom. The van der Waals surface area contributed by atoms with Gasteiger partial charge in [-0.25, -0.2) is 0 Å². The molecule has 0 spiro atoms. The molecule has 3 rings (SSSR count). The van der Waals surface area contributed by atoms with E-state index < -0.39 is 0 Å². The third-order valence-electron chi connectivity index (χ3n) is 4.66. The van der Waals surface area contributed by atoms with Crippen LogP contribution in [0.25, 0.3) is 0 Å². The van der Waals surface area contributed by atoms with Crippen molar-refractivity contribution in [1.82, 2.24) is 25.0 Å². The molecular formula is C18H25N5O2. The normalized spacial score (nSPS) is 17.6. The van der Waals surface area contributed by atoms with Crippen molar-refractivity contribution in [3.05, 3.63) is 42.0 Å². The van der Waals surface area contributed by atoms with Gasteiger partial charge in [-0.3, -0.25) is 9.69 Å². The molecule has 0 radical (unpaired) electrons. The zero-order valence-corrected chi connectivity index (χ0v) is 14.8. The van der Waals surface area contributed by atoms with Crippen LogP contribution in [-0.4, -0.2) is 52.3 Å². The number of likely N-dealkylation sites (tertiary alicyclic amines) is 1. The molecule has 7 heteroatoms. The summed E-state index contributed by atoms with van der Waals surface area (Å²) in [6.45, 7) is 1.91. The number of aromatic nitrogens is 3. The smallest absolute Gasteiger partial charge is 0.234 e. The molecule has 1 amide bonds. The summed E-state index contributed by atoms with van der Waals surface area (Å²) in [5.41, 5.74) is 1.10. The predicted octanol–water partition coefficient (Wildman–Crippen LogP) is 1.32. The number of rotatable bonds is 7. The number of carbonyl (C=O) groups excluding carboxylic acids is 1. The Balaban J connectivity index is 1.50. The van der Waals surface area contributed by atoms with E-state index in [1.165, 1.54) is 0 Å².